The minimum absolute atomic E-state index is 0.0297. The number of carbonyl (C=O) groups is 2. The average molecular weight is 306 g/mol. The van der Waals surface area contributed by atoms with Crippen molar-refractivity contribution in [3.63, 3.8) is 0 Å². The molecule has 1 N–H and O–H groups in total. The van der Waals surface area contributed by atoms with Crippen molar-refractivity contribution >= 4 is 34.9 Å². The second kappa shape index (κ2) is 5.30. The molecule has 0 radical (unpaired) electrons. The Hall–Kier alpha value is -1.79. The molecule has 3 rings (SSSR count). The fourth-order valence-corrected chi connectivity index (χ4v) is 3.49. The SMILES string of the molecule is O=C(O)CSc1ccc2c(c1)C(=O)c1sccc1CO2. The number of rotatable bonds is 3. The normalized spacial score (nSPS) is 13.1. The van der Waals surface area contributed by atoms with E-state index in [0.29, 0.717) is 22.8 Å². The first kappa shape index (κ1) is 13.2. The lowest BCUT2D eigenvalue weighted by atomic mass is 10.1. The molecule has 0 unspecified atom stereocenters. The predicted molar refractivity (Wildman–Crippen MR) is 76.9 cm³/mol. The number of aliphatic carboxylic acids is 1. The summed E-state index contributed by atoms with van der Waals surface area (Å²) in [7, 11) is 0. The molecule has 2 aromatic rings. The monoisotopic (exact) mass is 306 g/mol. The summed E-state index contributed by atoms with van der Waals surface area (Å²) in [5.41, 5.74) is 1.40. The van der Waals surface area contributed by atoms with Gasteiger partial charge < -0.3 is 9.84 Å². The van der Waals surface area contributed by atoms with Gasteiger partial charge in [0.15, 0.2) is 0 Å². The molecule has 0 fully saturated rings. The number of hydrogen-bond acceptors (Lipinski definition) is 5. The van der Waals surface area contributed by atoms with Crippen molar-refractivity contribution in [3.8, 4) is 5.75 Å². The Morgan fingerprint density at radius 3 is 3.05 bits per heavy atom. The minimum atomic E-state index is -0.881. The van der Waals surface area contributed by atoms with Gasteiger partial charge >= 0.3 is 5.97 Å². The predicted octanol–water partition coefficient (Wildman–Crippen LogP) is 3.05. The van der Waals surface area contributed by atoms with Crippen molar-refractivity contribution in [1.82, 2.24) is 0 Å². The minimum Gasteiger partial charge on any atom is -0.488 e. The Morgan fingerprint density at radius 1 is 1.40 bits per heavy atom. The van der Waals surface area contributed by atoms with Gasteiger partial charge in [0.05, 0.1) is 16.2 Å². The number of hydrogen-bond donors (Lipinski definition) is 1. The summed E-state index contributed by atoms with van der Waals surface area (Å²) in [5, 5.41) is 10.6. The third kappa shape index (κ3) is 2.44. The van der Waals surface area contributed by atoms with Crippen LogP contribution in [0.4, 0.5) is 0 Å². The van der Waals surface area contributed by atoms with E-state index in [1.165, 1.54) is 23.1 Å². The highest BCUT2D eigenvalue weighted by atomic mass is 32.2. The second-order valence-corrected chi connectivity index (χ2v) is 6.20. The van der Waals surface area contributed by atoms with Crippen LogP contribution in [-0.4, -0.2) is 22.6 Å². The molecular weight excluding hydrogens is 296 g/mol. The van der Waals surface area contributed by atoms with Gasteiger partial charge in [-0.25, -0.2) is 0 Å². The molecular formula is C14H10O4S2. The van der Waals surface area contributed by atoms with Crippen molar-refractivity contribution in [2.24, 2.45) is 0 Å². The maximum atomic E-state index is 12.5. The van der Waals surface area contributed by atoms with Gasteiger partial charge in [-0.1, -0.05) is 0 Å². The molecule has 0 saturated heterocycles. The lowest BCUT2D eigenvalue weighted by Crippen LogP contribution is -2.01. The van der Waals surface area contributed by atoms with E-state index < -0.39 is 5.97 Å². The number of carbonyl (C=O) groups excluding carboxylic acids is 1. The van der Waals surface area contributed by atoms with Gasteiger partial charge in [0.2, 0.25) is 5.78 Å². The zero-order chi connectivity index (χ0) is 14.1. The number of ketones is 1. The first-order valence-corrected chi connectivity index (χ1v) is 7.74. The molecule has 4 nitrogen and oxygen atoms in total. The molecule has 0 bridgehead atoms. The molecule has 1 aromatic heterocycles. The first-order chi connectivity index (χ1) is 9.65. The van der Waals surface area contributed by atoms with Crippen LogP contribution in [-0.2, 0) is 11.4 Å². The van der Waals surface area contributed by atoms with E-state index in [-0.39, 0.29) is 11.5 Å². The molecule has 0 atom stereocenters. The van der Waals surface area contributed by atoms with Crippen LogP contribution in [0.2, 0.25) is 0 Å². The number of thiophene rings is 1. The molecule has 6 heteroatoms. The Bertz CT molecular complexity index is 690. The van der Waals surface area contributed by atoms with Crippen molar-refractivity contribution in [2.75, 3.05) is 5.75 Å². The molecule has 0 amide bonds. The molecule has 0 saturated carbocycles. The highest BCUT2D eigenvalue weighted by Gasteiger charge is 2.23. The van der Waals surface area contributed by atoms with E-state index in [1.54, 1.807) is 18.2 Å². The lowest BCUT2D eigenvalue weighted by Gasteiger charge is -2.07. The van der Waals surface area contributed by atoms with Gasteiger partial charge in [-0.15, -0.1) is 23.1 Å². The smallest absolute Gasteiger partial charge is 0.313 e. The molecule has 1 aliphatic rings. The number of ether oxygens (including phenoxy) is 1. The topological polar surface area (TPSA) is 63.6 Å². The van der Waals surface area contributed by atoms with E-state index in [9.17, 15) is 9.59 Å². The van der Waals surface area contributed by atoms with Crippen LogP contribution in [0.3, 0.4) is 0 Å². The summed E-state index contributed by atoms with van der Waals surface area (Å²) in [6.45, 7) is 0.388. The zero-order valence-electron chi connectivity index (χ0n) is 10.3. The van der Waals surface area contributed by atoms with E-state index in [2.05, 4.69) is 0 Å². The molecule has 102 valence electrons. The first-order valence-electron chi connectivity index (χ1n) is 5.87. The summed E-state index contributed by atoms with van der Waals surface area (Å²) < 4.78 is 5.64. The number of carboxylic acids is 1. The van der Waals surface area contributed by atoms with Gasteiger partial charge in [0, 0.05) is 10.5 Å². The third-order valence-corrected chi connectivity index (χ3v) is 4.83. The quantitative estimate of drug-likeness (QED) is 0.883. The standard InChI is InChI=1S/C14H10O4S2/c15-12(16)7-20-9-1-2-11-10(5-9)13(17)14-8(6-18-11)3-4-19-14/h1-5H,6-7H2,(H,15,16). The van der Waals surface area contributed by atoms with E-state index in [4.69, 9.17) is 9.84 Å². The maximum Gasteiger partial charge on any atom is 0.313 e. The summed E-state index contributed by atoms with van der Waals surface area (Å²) in [6.07, 6.45) is 0. The second-order valence-electron chi connectivity index (χ2n) is 4.23. The molecule has 0 spiro atoms. The van der Waals surface area contributed by atoms with Crippen LogP contribution < -0.4 is 4.74 Å². The van der Waals surface area contributed by atoms with Crippen molar-refractivity contribution in [2.45, 2.75) is 11.5 Å². The molecule has 0 aliphatic carbocycles. The summed E-state index contributed by atoms with van der Waals surface area (Å²) >= 11 is 2.59. The highest BCUT2D eigenvalue weighted by molar-refractivity contribution is 8.00. The molecule has 2 heterocycles. The van der Waals surface area contributed by atoms with Gasteiger partial charge in [-0.3, -0.25) is 9.59 Å². The molecule has 20 heavy (non-hydrogen) atoms. The van der Waals surface area contributed by atoms with Crippen molar-refractivity contribution in [3.05, 3.63) is 45.6 Å². The maximum absolute atomic E-state index is 12.5. The summed E-state index contributed by atoms with van der Waals surface area (Å²) in [5.74, 6) is -0.413. The van der Waals surface area contributed by atoms with Gasteiger partial charge in [0.25, 0.3) is 0 Å². The number of benzene rings is 1. The Balaban J connectivity index is 1.96. The van der Waals surface area contributed by atoms with Crippen LogP contribution >= 0.6 is 23.1 Å². The lowest BCUT2D eigenvalue weighted by molar-refractivity contribution is -0.133. The van der Waals surface area contributed by atoms with Crippen LogP contribution in [0.5, 0.6) is 5.75 Å². The number of fused-ring (bicyclic) bond motifs is 2. The third-order valence-electron chi connectivity index (χ3n) is 2.89. The van der Waals surface area contributed by atoms with Crippen molar-refractivity contribution < 1.29 is 19.4 Å². The number of carboxylic acid groups (broad SMARTS) is 1. The van der Waals surface area contributed by atoms with Gasteiger partial charge in [0.1, 0.15) is 12.4 Å². The largest absolute Gasteiger partial charge is 0.488 e. The fraction of sp³-hybridized carbons (Fsp3) is 0.143. The number of thioether (sulfide) groups is 1. The Morgan fingerprint density at radius 2 is 2.25 bits per heavy atom. The molecule has 1 aliphatic heterocycles. The summed E-state index contributed by atoms with van der Waals surface area (Å²) in [6, 6.07) is 7.11. The van der Waals surface area contributed by atoms with Crippen LogP contribution in [0, 0.1) is 0 Å². The Labute approximate surface area is 123 Å². The average Bonchev–Trinajstić information content (AvgIpc) is 2.86. The van der Waals surface area contributed by atoms with E-state index in [0.717, 1.165) is 10.5 Å². The van der Waals surface area contributed by atoms with Crippen LogP contribution in [0.25, 0.3) is 0 Å². The van der Waals surface area contributed by atoms with Gasteiger partial charge in [-0.2, -0.15) is 0 Å². The fourth-order valence-electron chi connectivity index (χ4n) is 1.97. The van der Waals surface area contributed by atoms with E-state index in [1.807, 2.05) is 11.4 Å². The van der Waals surface area contributed by atoms with Crippen molar-refractivity contribution in [1.29, 1.82) is 0 Å². The Kier molecular flexibility index (Phi) is 3.50. The highest BCUT2D eigenvalue weighted by Crippen LogP contribution is 2.33. The van der Waals surface area contributed by atoms with Gasteiger partial charge in [-0.05, 0) is 29.6 Å². The van der Waals surface area contributed by atoms with E-state index >= 15 is 0 Å². The zero-order valence-corrected chi connectivity index (χ0v) is 11.9. The van der Waals surface area contributed by atoms with Crippen LogP contribution in [0.15, 0.2) is 34.5 Å². The summed E-state index contributed by atoms with van der Waals surface area (Å²) in [4.78, 5) is 24.5. The van der Waals surface area contributed by atoms with Crippen LogP contribution in [0.1, 0.15) is 20.8 Å². The molecule has 1 aromatic carbocycles.